The van der Waals surface area contributed by atoms with Gasteiger partial charge >= 0.3 is 5.97 Å². The fourth-order valence-electron chi connectivity index (χ4n) is 4.60. The van der Waals surface area contributed by atoms with Crippen LogP contribution in [0.2, 0.25) is 0 Å². The van der Waals surface area contributed by atoms with Gasteiger partial charge in [0.1, 0.15) is 0 Å². The van der Waals surface area contributed by atoms with Crippen molar-refractivity contribution in [1.82, 2.24) is 5.32 Å². The lowest BCUT2D eigenvalue weighted by Crippen LogP contribution is -2.42. The van der Waals surface area contributed by atoms with Crippen molar-refractivity contribution in [2.75, 3.05) is 6.79 Å². The summed E-state index contributed by atoms with van der Waals surface area (Å²) < 4.78 is 10.7. The number of hydrogen-bond acceptors (Lipinski definition) is 4. The summed E-state index contributed by atoms with van der Waals surface area (Å²) in [6.45, 7) is 2.11. The summed E-state index contributed by atoms with van der Waals surface area (Å²) in [5, 5.41) is 12.5. The lowest BCUT2D eigenvalue weighted by atomic mass is 9.78. The van der Waals surface area contributed by atoms with Crippen LogP contribution in [-0.2, 0) is 9.59 Å². The van der Waals surface area contributed by atoms with Crippen LogP contribution in [0.5, 0.6) is 11.5 Å². The molecular formula is C18H21NO5. The molecule has 128 valence electrons. The molecule has 2 fully saturated rings. The lowest BCUT2D eigenvalue weighted by molar-refractivity contribution is -0.149. The third-order valence-corrected chi connectivity index (χ3v) is 5.76. The fourth-order valence-corrected chi connectivity index (χ4v) is 4.60. The van der Waals surface area contributed by atoms with E-state index < -0.39 is 17.8 Å². The summed E-state index contributed by atoms with van der Waals surface area (Å²) in [7, 11) is 0. The number of carboxylic acids is 1. The van der Waals surface area contributed by atoms with Crippen molar-refractivity contribution < 1.29 is 24.2 Å². The summed E-state index contributed by atoms with van der Waals surface area (Å²) in [5.41, 5.74) is 0.919. The maximum absolute atomic E-state index is 12.7. The Balaban J connectivity index is 1.48. The van der Waals surface area contributed by atoms with Gasteiger partial charge in [0.15, 0.2) is 11.5 Å². The third-order valence-electron chi connectivity index (χ3n) is 5.76. The molecule has 1 aromatic rings. The van der Waals surface area contributed by atoms with Crippen LogP contribution in [0.25, 0.3) is 0 Å². The van der Waals surface area contributed by atoms with Crippen molar-refractivity contribution in [3.8, 4) is 11.5 Å². The predicted molar refractivity (Wildman–Crippen MR) is 84.6 cm³/mol. The molecule has 1 aliphatic heterocycles. The smallest absolute Gasteiger partial charge is 0.307 e. The third kappa shape index (κ3) is 2.41. The number of benzene rings is 1. The van der Waals surface area contributed by atoms with Gasteiger partial charge in [-0.2, -0.15) is 0 Å². The van der Waals surface area contributed by atoms with E-state index in [1.165, 1.54) is 0 Å². The number of amides is 1. The minimum absolute atomic E-state index is 0.139. The van der Waals surface area contributed by atoms with Crippen molar-refractivity contribution in [3.05, 3.63) is 23.8 Å². The molecule has 0 saturated heterocycles. The van der Waals surface area contributed by atoms with Gasteiger partial charge in [-0.25, -0.2) is 0 Å². The molecule has 5 atom stereocenters. The molecular weight excluding hydrogens is 310 g/mol. The lowest BCUT2D eigenvalue weighted by Gasteiger charge is -2.28. The first-order valence-electron chi connectivity index (χ1n) is 8.47. The van der Waals surface area contributed by atoms with E-state index in [1.807, 2.05) is 25.1 Å². The maximum Gasteiger partial charge on any atom is 0.307 e. The first-order chi connectivity index (χ1) is 11.5. The monoisotopic (exact) mass is 331 g/mol. The fraction of sp³-hybridized carbons (Fsp3) is 0.556. The van der Waals surface area contributed by atoms with E-state index in [2.05, 4.69) is 5.32 Å². The molecule has 4 rings (SSSR count). The number of ether oxygens (including phenoxy) is 2. The van der Waals surface area contributed by atoms with E-state index in [0.29, 0.717) is 11.5 Å². The van der Waals surface area contributed by atoms with Crippen molar-refractivity contribution in [3.63, 3.8) is 0 Å². The van der Waals surface area contributed by atoms with Crippen LogP contribution in [0.4, 0.5) is 0 Å². The number of carbonyl (C=O) groups is 2. The predicted octanol–water partition coefficient (Wildman–Crippen LogP) is 2.34. The molecule has 0 radical (unpaired) electrons. The van der Waals surface area contributed by atoms with E-state index in [9.17, 15) is 14.7 Å². The van der Waals surface area contributed by atoms with E-state index in [-0.39, 0.29) is 30.6 Å². The van der Waals surface area contributed by atoms with E-state index in [1.54, 1.807) is 0 Å². The molecule has 2 saturated carbocycles. The van der Waals surface area contributed by atoms with Crippen molar-refractivity contribution in [1.29, 1.82) is 0 Å². The Morgan fingerprint density at radius 2 is 1.88 bits per heavy atom. The molecule has 24 heavy (non-hydrogen) atoms. The average Bonchev–Trinajstić information content (AvgIpc) is 3.28. The van der Waals surface area contributed by atoms with Crippen LogP contribution in [0, 0.1) is 23.7 Å². The summed E-state index contributed by atoms with van der Waals surface area (Å²) >= 11 is 0. The van der Waals surface area contributed by atoms with Crippen LogP contribution in [0.15, 0.2) is 18.2 Å². The second-order valence-electron chi connectivity index (χ2n) is 7.07. The molecule has 2 N–H and O–H groups in total. The summed E-state index contributed by atoms with van der Waals surface area (Å²) in [6, 6.07) is 5.38. The summed E-state index contributed by atoms with van der Waals surface area (Å²) in [5.74, 6) is -0.166. The number of hydrogen-bond donors (Lipinski definition) is 2. The minimum Gasteiger partial charge on any atom is -0.481 e. The normalized spacial score (nSPS) is 31.0. The number of carboxylic acid groups (broad SMARTS) is 1. The van der Waals surface area contributed by atoms with Crippen molar-refractivity contribution in [2.24, 2.45) is 23.7 Å². The Morgan fingerprint density at radius 3 is 2.62 bits per heavy atom. The number of fused-ring (bicyclic) bond motifs is 3. The van der Waals surface area contributed by atoms with Gasteiger partial charge in [0.05, 0.1) is 17.9 Å². The number of aliphatic carboxylic acids is 1. The Kier molecular flexibility index (Phi) is 3.62. The second kappa shape index (κ2) is 5.69. The van der Waals surface area contributed by atoms with Gasteiger partial charge < -0.3 is 19.9 Å². The first-order valence-corrected chi connectivity index (χ1v) is 8.47. The maximum atomic E-state index is 12.7. The minimum atomic E-state index is -0.835. The SMILES string of the molecule is CC(NC(=O)C1C2CCC(C2)C1C(=O)O)c1ccc2c(c1)OCO2. The topological polar surface area (TPSA) is 84.9 Å². The van der Waals surface area contributed by atoms with Gasteiger partial charge in [0.25, 0.3) is 0 Å². The number of nitrogens with one attached hydrogen (secondary N) is 1. The van der Waals surface area contributed by atoms with Crippen LogP contribution in [0.3, 0.4) is 0 Å². The first kappa shape index (κ1) is 15.3. The molecule has 6 heteroatoms. The van der Waals surface area contributed by atoms with E-state index >= 15 is 0 Å². The Labute approximate surface area is 140 Å². The van der Waals surface area contributed by atoms with Crippen molar-refractivity contribution >= 4 is 11.9 Å². The van der Waals surface area contributed by atoms with Gasteiger partial charge in [0.2, 0.25) is 12.7 Å². The average molecular weight is 331 g/mol. The van der Waals surface area contributed by atoms with Crippen LogP contribution >= 0.6 is 0 Å². The van der Waals surface area contributed by atoms with Crippen LogP contribution in [0.1, 0.15) is 37.8 Å². The standard InChI is InChI=1S/C18H21NO5/c1-9(10-4-5-13-14(7-10)24-8-23-13)19-17(20)15-11-2-3-12(6-11)16(15)18(21)22/h4-5,7,9,11-12,15-16H,2-3,6,8H2,1H3,(H,19,20)(H,21,22). The molecule has 1 heterocycles. The highest BCUT2D eigenvalue weighted by atomic mass is 16.7. The van der Waals surface area contributed by atoms with Gasteiger partial charge in [-0.05, 0) is 55.7 Å². The molecule has 2 aliphatic carbocycles. The molecule has 1 aromatic carbocycles. The highest BCUT2D eigenvalue weighted by molar-refractivity contribution is 5.86. The van der Waals surface area contributed by atoms with E-state index in [4.69, 9.17) is 9.47 Å². The van der Waals surface area contributed by atoms with Gasteiger partial charge in [-0.1, -0.05) is 6.07 Å². The highest BCUT2D eigenvalue weighted by Gasteiger charge is 2.54. The van der Waals surface area contributed by atoms with Crippen LogP contribution < -0.4 is 14.8 Å². The summed E-state index contributed by atoms with van der Waals surface area (Å²) in [6.07, 6.45) is 2.77. The molecule has 0 aromatic heterocycles. The molecule has 2 bridgehead atoms. The molecule has 6 nitrogen and oxygen atoms in total. The molecule has 5 unspecified atom stereocenters. The zero-order valence-electron chi connectivity index (χ0n) is 13.5. The summed E-state index contributed by atoms with van der Waals surface area (Å²) in [4.78, 5) is 24.3. The zero-order valence-corrected chi connectivity index (χ0v) is 13.5. The second-order valence-corrected chi connectivity index (χ2v) is 7.07. The quantitative estimate of drug-likeness (QED) is 0.884. The van der Waals surface area contributed by atoms with Gasteiger partial charge in [-0.15, -0.1) is 0 Å². The molecule has 3 aliphatic rings. The Hall–Kier alpha value is -2.24. The van der Waals surface area contributed by atoms with Crippen molar-refractivity contribution in [2.45, 2.75) is 32.2 Å². The molecule has 1 amide bonds. The number of rotatable bonds is 4. The van der Waals surface area contributed by atoms with E-state index in [0.717, 1.165) is 24.8 Å². The Bertz CT molecular complexity index is 688. The van der Waals surface area contributed by atoms with Crippen LogP contribution in [-0.4, -0.2) is 23.8 Å². The van der Waals surface area contributed by atoms with Gasteiger partial charge in [-0.3, -0.25) is 9.59 Å². The zero-order chi connectivity index (χ0) is 16.8. The van der Waals surface area contributed by atoms with Gasteiger partial charge in [0, 0.05) is 0 Å². The number of carbonyl (C=O) groups excluding carboxylic acids is 1. The Morgan fingerprint density at radius 1 is 1.17 bits per heavy atom. The molecule has 0 spiro atoms. The highest BCUT2D eigenvalue weighted by Crippen LogP contribution is 2.52. The largest absolute Gasteiger partial charge is 0.481 e.